The first-order chi connectivity index (χ1) is 6.79. The number of piperazine rings is 1. The monoisotopic (exact) mass is 195 g/mol. The Morgan fingerprint density at radius 2 is 2.00 bits per heavy atom. The zero-order valence-electron chi connectivity index (χ0n) is 9.34. The average molecular weight is 195 g/mol. The van der Waals surface area contributed by atoms with Crippen LogP contribution in [0.3, 0.4) is 0 Å². The van der Waals surface area contributed by atoms with Crippen LogP contribution in [-0.2, 0) is 0 Å². The van der Waals surface area contributed by atoms with Crippen LogP contribution in [0.2, 0.25) is 0 Å². The molecule has 0 aliphatic carbocycles. The van der Waals surface area contributed by atoms with E-state index in [2.05, 4.69) is 30.1 Å². The van der Waals surface area contributed by atoms with Crippen LogP contribution in [-0.4, -0.2) is 36.6 Å². The first-order valence-corrected chi connectivity index (χ1v) is 5.66. The summed E-state index contributed by atoms with van der Waals surface area (Å²) in [6.45, 7) is 8.36. The molecule has 0 aromatic carbocycles. The van der Waals surface area contributed by atoms with Crippen LogP contribution in [0.25, 0.3) is 0 Å². The van der Waals surface area contributed by atoms with Gasteiger partial charge < -0.3 is 5.32 Å². The standard InChI is InChI=1S/C11H21N3/c1-3-5-11(4-2,10-12)14-8-6-13-7-9-14/h13H,3-9H2,1-2H3. The van der Waals surface area contributed by atoms with Gasteiger partial charge in [-0.2, -0.15) is 5.26 Å². The Morgan fingerprint density at radius 3 is 2.43 bits per heavy atom. The SMILES string of the molecule is CCCC(C#N)(CC)N1CCNCC1. The Kier molecular flexibility index (Phi) is 4.37. The van der Waals surface area contributed by atoms with Gasteiger partial charge in [0.2, 0.25) is 0 Å². The molecule has 3 nitrogen and oxygen atoms in total. The number of nitriles is 1. The van der Waals surface area contributed by atoms with Gasteiger partial charge in [-0.1, -0.05) is 20.3 Å². The van der Waals surface area contributed by atoms with Crippen molar-refractivity contribution in [3.63, 3.8) is 0 Å². The summed E-state index contributed by atoms with van der Waals surface area (Å²) in [5.74, 6) is 0. The fraction of sp³-hybridized carbons (Fsp3) is 0.909. The van der Waals surface area contributed by atoms with E-state index in [0.29, 0.717) is 0 Å². The molecule has 3 heteroatoms. The second-order valence-electron chi connectivity index (χ2n) is 3.98. The van der Waals surface area contributed by atoms with Gasteiger partial charge in [0.15, 0.2) is 0 Å². The summed E-state index contributed by atoms with van der Waals surface area (Å²) >= 11 is 0. The highest BCUT2D eigenvalue weighted by Crippen LogP contribution is 2.25. The molecule has 0 radical (unpaired) electrons. The van der Waals surface area contributed by atoms with E-state index in [-0.39, 0.29) is 5.54 Å². The lowest BCUT2D eigenvalue weighted by atomic mass is 9.89. The summed E-state index contributed by atoms with van der Waals surface area (Å²) < 4.78 is 0. The third-order valence-corrected chi connectivity index (χ3v) is 3.18. The zero-order valence-corrected chi connectivity index (χ0v) is 9.34. The lowest BCUT2D eigenvalue weighted by molar-refractivity contribution is 0.106. The van der Waals surface area contributed by atoms with E-state index >= 15 is 0 Å². The highest BCUT2D eigenvalue weighted by atomic mass is 15.2. The van der Waals surface area contributed by atoms with Crippen molar-refractivity contribution < 1.29 is 0 Å². The second kappa shape index (κ2) is 5.33. The Balaban J connectivity index is 2.69. The van der Waals surface area contributed by atoms with E-state index in [1.165, 1.54) is 0 Å². The van der Waals surface area contributed by atoms with E-state index < -0.39 is 0 Å². The summed E-state index contributed by atoms with van der Waals surface area (Å²) in [5.41, 5.74) is -0.198. The van der Waals surface area contributed by atoms with Gasteiger partial charge >= 0.3 is 0 Å². The minimum atomic E-state index is -0.198. The minimum absolute atomic E-state index is 0.198. The normalized spacial score (nSPS) is 22.6. The molecule has 1 rings (SSSR count). The molecule has 0 aromatic heterocycles. The smallest absolute Gasteiger partial charge is 0.109 e. The fourth-order valence-corrected chi connectivity index (χ4v) is 2.27. The van der Waals surface area contributed by atoms with Gasteiger partial charge in [-0.25, -0.2) is 0 Å². The Labute approximate surface area is 87.1 Å². The van der Waals surface area contributed by atoms with Crippen LogP contribution >= 0.6 is 0 Å². The average Bonchev–Trinajstić information content (AvgIpc) is 2.27. The number of hydrogen-bond donors (Lipinski definition) is 1. The molecule has 14 heavy (non-hydrogen) atoms. The van der Waals surface area contributed by atoms with Gasteiger partial charge in [-0.3, -0.25) is 4.90 Å². The van der Waals surface area contributed by atoms with Gasteiger partial charge in [0, 0.05) is 26.2 Å². The first kappa shape index (κ1) is 11.5. The maximum Gasteiger partial charge on any atom is 0.109 e. The predicted molar refractivity (Wildman–Crippen MR) is 58.0 cm³/mol. The van der Waals surface area contributed by atoms with Crippen LogP contribution in [0.15, 0.2) is 0 Å². The molecule has 0 saturated carbocycles. The molecule has 1 aliphatic rings. The van der Waals surface area contributed by atoms with Crippen LogP contribution < -0.4 is 5.32 Å². The quantitative estimate of drug-likeness (QED) is 0.736. The molecule has 1 N–H and O–H groups in total. The summed E-state index contributed by atoms with van der Waals surface area (Å²) in [6, 6.07) is 2.53. The summed E-state index contributed by atoms with van der Waals surface area (Å²) in [4.78, 5) is 2.35. The highest BCUT2D eigenvalue weighted by Gasteiger charge is 2.34. The maximum atomic E-state index is 9.35. The zero-order chi connectivity index (χ0) is 10.4. The molecule has 1 unspecified atom stereocenters. The summed E-state index contributed by atoms with van der Waals surface area (Å²) in [6.07, 6.45) is 3.03. The van der Waals surface area contributed by atoms with Crippen LogP contribution in [0.5, 0.6) is 0 Å². The molecule has 0 spiro atoms. The summed E-state index contributed by atoms with van der Waals surface area (Å²) in [5, 5.41) is 12.7. The molecule has 1 aliphatic heterocycles. The van der Waals surface area contributed by atoms with Gasteiger partial charge in [-0.15, -0.1) is 0 Å². The third kappa shape index (κ3) is 2.26. The molecule has 0 aromatic rings. The molecule has 1 heterocycles. The van der Waals surface area contributed by atoms with Crippen LogP contribution in [0, 0.1) is 11.3 Å². The second-order valence-corrected chi connectivity index (χ2v) is 3.98. The molecule has 80 valence electrons. The minimum Gasteiger partial charge on any atom is -0.314 e. The molecule has 1 saturated heterocycles. The lowest BCUT2D eigenvalue weighted by Gasteiger charge is -2.40. The van der Waals surface area contributed by atoms with E-state index in [4.69, 9.17) is 0 Å². The van der Waals surface area contributed by atoms with Crippen molar-refractivity contribution >= 4 is 0 Å². The van der Waals surface area contributed by atoms with E-state index in [1.54, 1.807) is 0 Å². The van der Waals surface area contributed by atoms with E-state index in [9.17, 15) is 5.26 Å². The molecule has 1 atom stereocenters. The number of rotatable bonds is 4. The van der Waals surface area contributed by atoms with E-state index in [0.717, 1.165) is 45.4 Å². The van der Waals surface area contributed by atoms with Crippen molar-refractivity contribution in [3.8, 4) is 6.07 Å². The van der Waals surface area contributed by atoms with Gasteiger partial charge in [0.05, 0.1) is 6.07 Å². The van der Waals surface area contributed by atoms with Crippen LogP contribution in [0.1, 0.15) is 33.1 Å². The van der Waals surface area contributed by atoms with Gasteiger partial charge in [-0.05, 0) is 12.8 Å². The van der Waals surface area contributed by atoms with Gasteiger partial charge in [0.25, 0.3) is 0 Å². The molecule has 0 amide bonds. The molecule has 1 fully saturated rings. The molecular formula is C11H21N3. The first-order valence-electron chi connectivity index (χ1n) is 5.66. The van der Waals surface area contributed by atoms with Crippen molar-refractivity contribution in [2.45, 2.75) is 38.6 Å². The molecule has 0 bridgehead atoms. The van der Waals surface area contributed by atoms with Crippen LogP contribution in [0.4, 0.5) is 0 Å². The van der Waals surface area contributed by atoms with Crippen molar-refractivity contribution in [3.05, 3.63) is 0 Å². The summed E-state index contributed by atoms with van der Waals surface area (Å²) in [7, 11) is 0. The number of nitrogens with one attached hydrogen (secondary N) is 1. The Morgan fingerprint density at radius 1 is 1.36 bits per heavy atom. The lowest BCUT2D eigenvalue weighted by Crippen LogP contribution is -2.55. The number of nitrogens with zero attached hydrogens (tertiary/aromatic N) is 2. The predicted octanol–water partition coefficient (Wildman–Crippen LogP) is 1.36. The van der Waals surface area contributed by atoms with Gasteiger partial charge in [0.1, 0.15) is 5.54 Å². The fourth-order valence-electron chi connectivity index (χ4n) is 2.27. The largest absolute Gasteiger partial charge is 0.314 e. The number of hydrogen-bond acceptors (Lipinski definition) is 3. The van der Waals surface area contributed by atoms with Crippen molar-refractivity contribution in [2.24, 2.45) is 0 Å². The maximum absolute atomic E-state index is 9.35. The van der Waals surface area contributed by atoms with Crippen molar-refractivity contribution in [2.75, 3.05) is 26.2 Å². The topological polar surface area (TPSA) is 39.1 Å². The Hall–Kier alpha value is -0.590. The third-order valence-electron chi connectivity index (χ3n) is 3.18. The van der Waals surface area contributed by atoms with Crippen molar-refractivity contribution in [1.29, 1.82) is 5.26 Å². The highest BCUT2D eigenvalue weighted by molar-refractivity contribution is 5.08. The van der Waals surface area contributed by atoms with Crippen molar-refractivity contribution in [1.82, 2.24) is 10.2 Å². The molecular weight excluding hydrogens is 174 g/mol. The Bertz CT molecular complexity index is 203. The van der Waals surface area contributed by atoms with E-state index in [1.807, 2.05) is 0 Å².